The number of benzene rings is 1. The summed E-state index contributed by atoms with van der Waals surface area (Å²) in [6.45, 7) is 2.00. The number of hydrogen-bond donors (Lipinski definition) is 1. The Hall–Kier alpha value is -3.52. The summed E-state index contributed by atoms with van der Waals surface area (Å²) in [6, 6.07) is 13.2. The van der Waals surface area contributed by atoms with Crippen molar-refractivity contribution in [3.63, 3.8) is 0 Å². The maximum absolute atomic E-state index is 13.4. The van der Waals surface area contributed by atoms with Crippen LogP contribution in [0.15, 0.2) is 64.5 Å². The fourth-order valence-electron chi connectivity index (χ4n) is 2.80. The first-order valence-corrected chi connectivity index (χ1v) is 10.1. The van der Waals surface area contributed by atoms with Crippen LogP contribution in [0.2, 0.25) is 0 Å². The van der Waals surface area contributed by atoms with E-state index in [-0.39, 0.29) is 18.9 Å². The topological polar surface area (TPSA) is 77.3 Å². The number of nitrogens with one attached hydrogen (secondary N) is 1. The Morgan fingerprint density at radius 3 is 2.93 bits per heavy atom. The molecule has 0 aliphatic heterocycles. The third-order valence-electron chi connectivity index (χ3n) is 4.29. The highest BCUT2D eigenvalue weighted by Gasteiger charge is 2.16. The molecule has 0 aliphatic rings. The van der Waals surface area contributed by atoms with E-state index in [1.165, 1.54) is 23.5 Å². The molecule has 3 aromatic heterocycles. The molecule has 0 saturated carbocycles. The maximum atomic E-state index is 13.4. The number of rotatable bonds is 7. The van der Waals surface area contributed by atoms with Crippen molar-refractivity contribution in [1.29, 1.82) is 0 Å². The minimum absolute atomic E-state index is 0.0983. The SMILES string of the molecule is Cc1oc(-c2cccs2)nc1CC(=O)NCc1cccnc1Oc1cccc(F)c1. The van der Waals surface area contributed by atoms with Crippen LogP contribution in [0, 0.1) is 12.7 Å². The van der Waals surface area contributed by atoms with Crippen LogP contribution in [0.3, 0.4) is 0 Å². The third kappa shape index (κ3) is 4.72. The van der Waals surface area contributed by atoms with Gasteiger partial charge in [0.2, 0.25) is 17.7 Å². The van der Waals surface area contributed by atoms with Crippen LogP contribution in [-0.4, -0.2) is 15.9 Å². The highest BCUT2D eigenvalue weighted by atomic mass is 32.1. The zero-order valence-corrected chi connectivity index (χ0v) is 16.9. The Balaban J connectivity index is 1.40. The molecule has 4 rings (SSSR count). The van der Waals surface area contributed by atoms with Gasteiger partial charge in [-0.15, -0.1) is 11.3 Å². The highest BCUT2D eigenvalue weighted by Crippen LogP contribution is 2.26. The van der Waals surface area contributed by atoms with E-state index in [1.54, 1.807) is 37.4 Å². The number of amides is 1. The average molecular weight is 423 g/mol. The molecule has 152 valence electrons. The van der Waals surface area contributed by atoms with Gasteiger partial charge < -0.3 is 14.5 Å². The van der Waals surface area contributed by atoms with Gasteiger partial charge in [0.15, 0.2) is 0 Å². The van der Waals surface area contributed by atoms with Crippen molar-refractivity contribution >= 4 is 17.2 Å². The number of oxazole rings is 1. The van der Waals surface area contributed by atoms with Crippen molar-refractivity contribution in [2.24, 2.45) is 0 Å². The summed E-state index contributed by atoms with van der Waals surface area (Å²) in [5, 5.41) is 4.79. The number of ether oxygens (including phenoxy) is 1. The van der Waals surface area contributed by atoms with Gasteiger partial charge in [0.1, 0.15) is 17.3 Å². The van der Waals surface area contributed by atoms with E-state index in [2.05, 4.69) is 15.3 Å². The number of hydrogen-bond acceptors (Lipinski definition) is 6. The number of nitrogens with zero attached hydrogens (tertiary/aromatic N) is 2. The second-order valence-electron chi connectivity index (χ2n) is 6.48. The van der Waals surface area contributed by atoms with Gasteiger partial charge in [0.25, 0.3) is 0 Å². The molecule has 8 heteroatoms. The van der Waals surface area contributed by atoms with Crippen LogP contribution < -0.4 is 10.1 Å². The van der Waals surface area contributed by atoms with E-state index < -0.39 is 5.82 Å². The molecule has 4 aromatic rings. The monoisotopic (exact) mass is 423 g/mol. The van der Waals surface area contributed by atoms with Crippen molar-refractivity contribution in [1.82, 2.24) is 15.3 Å². The van der Waals surface area contributed by atoms with Gasteiger partial charge >= 0.3 is 0 Å². The number of carbonyl (C=O) groups is 1. The molecule has 0 fully saturated rings. The molecule has 6 nitrogen and oxygen atoms in total. The summed E-state index contributed by atoms with van der Waals surface area (Å²) in [6.07, 6.45) is 1.67. The molecule has 0 radical (unpaired) electrons. The number of aromatic nitrogens is 2. The zero-order chi connectivity index (χ0) is 20.9. The van der Waals surface area contributed by atoms with E-state index in [0.29, 0.717) is 34.5 Å². The molecule has 1 aromatic carbocycles. The molecular formula is C22H18FN3O3S. The number of pyridine rings is 1. The molecule has 30 heavy (non-hydrogen) atoms. The lowest BCUT2D eigenvalue weighted by molar-refractivity contribution is -0.120. The fourth-order valence-corrected chi connectivity index (χ4v) is 3.45. The van der Waals surface area contributed by atoms with Crippen LogP contribution in [0.25, 0.3) is 10.8 Å². The highest BCUT2D eigenvalue weighted by molar-refractivity contribution is 7.13. The molecule has 0 bridgehead atoms. The predicted octanol–water partition coefficient (Wildman–Crippen LogP) is 4.90. The minimum Gasteiger partial charge on any atom is -0.440 e. The summed E-state index contributed by atoms with van der Waals surface area (Å²) >= 11 is 1.53. The smallest absolute Gasteiger partial charge is 0.236 e. The quantitative estimate of drug-likeness (QED) is 0.458. The van der Waals surface area contributed by atoms with E-state index in [0.717, 1.165) is 4.88 Å². The summed E-state index contributed by atoms with van der Waals surface area (Å²) in [5.41, 5.74) is 1.27. The normalized spacial score (nSPS) is 10.7. The standard InChI is InChI=1S/C22H18FN3O3S/c1-14-18(26-22(28-14)19-8-4-10-30-19)12-20(27)25-13-15-5-3-9-24-21(15)29-17-7-2-6-16(23)11-17/h2-11H,12-13H2,1H3,(H,25,27). The largest absolute Gasteiger partial charge is 0.440 e. The first kappa shape index (κ1) is 19.8. The molecular weight excluding hydrogens is 405 g/mol. The summed E-state index contributed by atoms with van der Waals surface area (Å²) in [7, 11) is 0. The third-order valence-corrected chi connectivity index (χ3v) is 5.15. The second-order valence-corrected chi connectivity index (χ2v) is 7.43. The predicted molar refractivity (Wildman–Crippen MR) is 111 cm³/mol. The van der Waals surface area contributed by atoms with E-state index >= 15 is 0 Å². The van der Waals surface area contributed by atoms with Crippen LogP contribution >= 0.6 is 11.3 Å². The van der Waals surface area contributed by atoms with Gasteiger partial charge in [0.05, 0.1) is 17.0 Å². The van der Waals surface area contributed by atoms with E-state index in [4.69, 9.17) is 9.15 Å². The number of halogens is 1. The summed E-state index contributed by atoms with van der Waals surface area (Å²) in [5.74, 6) is 1.17. The van der Waals surface area contributed by atoms with Crippen LogP contribution in [0.1, 0.15) is 17.0 Å². The van der Waals surface area contributed by atoms with Gasteiger partial charge in [-0.2, -0.15) is 0 Å². The van der Waals surface area contributed by atoms with Crippen LogP contribution in [0.5, 0.6) is 11.6 Å². The van der Waals surface area contributed by atoms with Crippen molar-refractivity contribution in [2.75, 3.05) is 0 Å². The Labute approximate surface area is 176 Å². The zero-order valence-electron chi connectivity index (χ0n) is 16.1. The van der Waals surface area contributed by atoms with Gasteiger partial charge in [-0.1, -0.05) is 18.2 Å². The van der Waals surface area contributed by atoms with Crippen molar-refractivity contribution in [3.05, 3.63) is 82.9 Å². The van der Waals surface area contributed by atoms with Crippen LogP contribution in [-0.2, 0) is 17.8 Å². The molecule has 0 unspecified atom stereocenters. The first-order valence-electron chi connectivity index (χ1n) is 9.22. The minimum atomic E-state index is -0.400. The molecule has 0 atom stereocenters. The summed E-state index contributed by atoms with van der Waals surface area (Å²) < 4.78 is 24.7. The van der Waals surface area contributed by atoms with Crippen molar-refractivity contribution in [3.8, 4) is 22.4 Å². The number of thiophene rings is 1. The molecule has 1 amide bonds. The molecule has 0 saturated heterocycles. The molecule has 0 aliphatic carbocycles. The van der Waals surface area contributed by atoms with Gasteiger partial charge in [-0.25, -0.2) is 14.4 Å². The van der Waals surface area contributed by atoms with Crippen molar-refractivity contribution in [2.45, 2.75) is 19.9 Å². The Morgan fingerprint density at radius 1 is 1.23 bits per heavy atom. The first-order chi connectivity index (χ1) is 14.6. The molecule has 0 spiro atoms. The maximum Gasteiger partial charge on any atom is 0.236 e. The lowest BCUT2D eigenvalue weighted by Crippen LogP contribution is -2.25. The Kier molecular flexibility index (Phi) is 5.85. The van der Waals surface area contributed by atoms with Crippen LogP contribution in [0.4, 0.5) is 4.39 Å². The van der Waals surface area contributed by atoms with Crippen molar-refractivity contribution < 1.29 is 18.3 Å². The van der Waals surface area contributed by atoms with Gasteiger partial charge in [-0.3, -0.25) is 4.79 Å². The second kappa shape index (κ2) is 8.87. The fraction of sp³-hybridized carbons (Fsp3) is 0.136. The lowest BCUT2D eigenvalue weighted by atomic mass is 10.2. The van der Waals surface area contributed by atoms with Gasteiger partial charge in [-0.05, 0) is 36.6 Å². The van der Waals surface area contributed by atoms with E-state index in [1.807, 2.05) is 17.5 Å². The molecule has 1 N–H and O–H groups in total. The Morgan fingerprint density at radius 2 is 2.13 bits per heavy atom. The average Bonchev–Trinajstić information content (AvgIpc) is 3.38. The molecule has 3 heterocycles. The summed E-state index contributed by atoms with van der Waals surface area (Å²) in [4.78, 5) is 22.0. The van der Waals surface area contributed by atoms with E-state index in [9.17, 15) is 9.18 Å². The number of carbonyl (C=O) groups excluding carboxylic acids is 1. The van der Waals surface area contributed by atoms with Gasteiger partial charge in [0, 0.05) is 24.4 Å². The number of aryl methyl sites for hydroxylation is 1. The Bertz CT molecular complexity index is 1160. The lowest BCUT2D eigenvalue weighted by Gasteiger charge is -2.10.